The first kappa shape index (κ1) is 16.5. The molecule has 0 radical (unpaired) electrons. The van der Waals surface area contributed by atoms with Gasteiger partial charge in [-0.1, -0.05) is 35.3 Å². The van der Waals surface area contributed by atoms with E-state index < -0.39 is 0 Å². The Morgan fingerprint density at radius 3 is 2.60 bits per heavy atom. The second-order valence-corrected chi connectivity index (χ2v) is 7.44. The number of rotatable bonds is 2. The highest BCUT2D eigenvalue weighted by Crippen LogP contribution is 2.34. The number of aliphatic imine (C=N–C) groups is 1. The number of nitrogens with one attached hydrogen (secondary N) is 1. The van der Waals surface area contributed by atoms with Gasteiger partial charge < -0.3 is 5.32 Å². The summed E-state index contributed by atoms with van der Waals surface area (Å²) in [6, 6.07) is 10.8. The smallest absolute Gasteiger partial charge is 0.286 e. The summed E-state index contributed by atoms with van der Waals surface area (Å²) in [7, 11) is 0. The number of carbonyl (C=O) groups is 1. The maximum Gasteiger partial charge on any atom is 0.286 e. The Labute approximate surface area is 161 Å². The van der Waals surface area contributed by atoms with Gasteiger partial charge in [-0.05, 0) is 47.7 Å². The third-order valence-corrected chi connectivity index (χ3v) is 5.48. The number of aromatic nitrogens is 2. The predicted octanol–water partition coefficient (Wildman–Crippen LogP) is 5.08. The number of thioether (sulfide) groups is 1. The van der Waals surface area contributed by atoms with Gasteiger partial charge in [0.05, 0.1) is 32.4 Å². The van der Waals surface area contributed by atoms with Crippen LogP contribution in [0.3, 0.4) is 0 Å². The van der Waals surface area contributed by atoms with Crippen LogP contribution >= 0.6 is 46.7 Å². The minimum atomic E-state index is -0.313. The van der Waals surface area contributed by atoms with Gasteiger partial charge in [0.1, 0.15) is 11.0 Å². The molecule has 0 fully saturated rings. The van der Waals surface area contributed by atoms with Crippen LogP contribution in [0.5, 0.6) is 0 Å². The zero-order valence-electron chi connectivity index (χ0n) is 12.4. The molecule has 1 aliphatic rings. The van der Waals surface area contributed by atoms with E-state index in [1.165, 1.54) is 11.8 Å². The number of amides is 1. The van der Waals surface area contributed by atoms with Crippen molar-refractivity contribution in [3.63, 3.8) is 0 Å². The van der Waals surface area contributed by atoms with Crippen LogP contribution in [0.2, 0.25) is 10.0 Å². The molecule has 0 unspecified atom stereocenters. The van der Waals surface area contributed by atoms with Gasteiger partial charge in [0.15, 0.2) is 5.17 Å². The maximum absolute atomic E-state index is 12.2. The van der Waals surface area contributed by atoms with Gasteiger partial charge in [-0.15, -0.1) is 0 Å². The van der Waals surface area contributed by atoms with Crippen LogP contribution in [-0.4, -0.2) is 19.8 Å². The number of fused-ring (bicyclic) bond motifs is 1. The quantitative estimate of drug-likeness (QED) is 0.600. The molecule has 124 valence electrons. The molecule has 2 aromatic carbocycles. The van der Waals surface area contributed by atoms with Crippen molar-refractivity contribution in [1.82, 2.24) is 8.75 Å². The highest BCUT2D eigenvalue weighted by Gasteiger charge is 2.23. The number of hydrogen-bond donors (Lipinski definition) is 1. The van der Waals surface area contributed by atoms with Gasteiger partial charge in [0, 0.05) is 0 Å². The molecule has 0 saturated heterocycles. The van der Waals surface area contributed by atoms with Gasteiger partial charge in [-0.2, -0.15) is 13.7 Å². The Bertz CT molecular complexity index is 1040. The summed E-state index contributed by atoms with van der Waals surface area (Å²) in [5.41, 5.74) is 3.03. The lowest BCUT2D eigenvalue weighted by Gasteiger charge is -2.08. The van der Waals surface area contributed by atoms with Crippen LogP contribution < -0.4 is 5.32 Å². The number of hydrogen-bond acceptors (Lipinski definition) is 6. The molecule has 5 nitrogen and oxygen atoms in total. The molecule has 0 atom stereocenters. The van der Waals surface area contributed by atoms with E-state index in [2.05, 4.69) is 19.1 Å². The molecule has 1 aliphatic heterocycles. The Balaban J connectivity index is 1.57. The van der Waals surface area contributed by atoms with Crippen molar-refractivity contribution >= 4 is 80.6 Å². The lowest BCUT2D eigenvalue weighted by Crippen LogP contribution is -2.05. The summed E-state index contributed by atoms with van der Waals surface area (Å²) in [6.07, 6.45) is 1.78. The highest BCUT2D eigenvalue weighted by molar-refractivity contribution is 8.18. The minimum Gasteiger partial charge on any atom is -0.332 e. The fourth-order valence-corrected chi connectivity index (χ4v) is 4.05. The van der Waals surface area contributed by atoms with E-state index in [0.29, 0.717) is 25.8 Å². The standard InChI is InChI=1S/C16H8Cl2N4OS2/c17-9-2-1-3-10(18)14(9)19-16-20-15(23)13(24-16)7-8-4-5-11-12(6-8)22-25-21-11/h1-7H,(H,19,20,23)/b13-7-. The number of para-hydroxylation sites is 1. The SMILES string of the molecule is O=C1N=C(Nc2c(Cl)cccc2Cl)S/C1=C\c1ccc2nsnc2c1. The Kier molecular flexibility index (Phi) is 4.47. The molecule has 3 aromatic rings. The summed E-state index contributed by atoms with van der Waals surface area (Å²) in [5, 5.41) is 4.37. The molecule has 1 N–H and O–H groups in total. The second kappa shape index (κ2) is 6.76. The number of anilines is 1. The summed E-state index contributed by atoms with van der Waals surface area (Å²) >= 11 is 14.7. The van der Waals surface area contributed by atoms with E-state index in [1.54, 1.807) is 24.3 Å². The number of benzene rings is 2. The summed E-state index contributed by atoms with van der Waals surface area (Å²) < 4.78 is 8.36. The highest BCUT2D eigenvalue weighted by atomic mass is 35.5. The molecular formula is C16H8Cl2N4OS2. The second-order valence-electron chi connectivity index (χ2n) is 5.07. The molecule has 0 bridgehead atoms. The number of carbonyl (C=O) groups excluding carboxylic acids is 1. The summed E-state index contributed by atoms with van der Waals surface area (Å²) in [5.74, 6) is -0.313. The third-order valence-electron chi connectivity index (χ3n) is 3.39. The molecule has 0 aliphatic carbocycles. The zero-order valence-corrected chi connectivity index (χ0v) is 15.5. The monoisotopic (exact) mass is 406 g/mol. The predicted molar refractivity (Wildman–Crippen MR) is 106 cm³/mol. The fourth-order valence-electron chi connectivity index (χ4n) is 2.23. The van der Waals surface area contributed by atoms with E-state index in [4.69, 9.17) is 23.2 Å². The number of nitrogens with zero attached hydrogens (tertiary/aromatic N) is 3. The third kappa shape index (κ3) is 3.41. The first-order valence-electron chi connectivity index (χ1n) is 7.06. The normalized spacial score (nSPS) is 15.8. The van der Waals surface area contributed by atoms with Crippen molar-refractivity contribution in [2.45, 2.75) is 0 Å². The molecule has 1 aromatic heterocycles. The van der Waals surface area contributed by atoms with Crippen LogP contribution in [0.1, 0.15) is 5.56 Å². The number of halogens is 2. The van der Waals surface area contributed by atoms with Crippen molar-refractivity contribution in [3.8, 4) is 0 Å². The molecule has 4 rings (SSSR count). The van der Waals surface area contributed by atoms with Crippen LogP contribution in [0.4, 0.5) is 5.69 Å². The van der Waals surface area contributed by atoms with E-state index in [9.17, 15) is 4.79 Å². The van der Waals surface area contributed by atoms with Crippen molar-refractivity contribution in [2.24, 2.45) is 4.99 Å². The van der Waals surface area contributed by atoms with Crippen molar-refractivity contribution in [3.05, 3.63) is 56.9 Å². The Morgan fingerprint density at radius 1 is 1.04 bits per heavy atom. The molecule has 0 saturated carbocycles. The first-order chi connectivity index (χ1) is 12.1. The molecule has 2 heterocycles. The minimum absolute atomic E-state index is 0.313. The van der Waals surface area contributed by atoms with E-state index in [1.807, 2.05) is 18.2 Å². The van der Waals surface area contributed by atoms with Crippen LogP contribution in [0.15, 0.2) is 46.3 Å². The van der Waals surface area contributed by atoms with E-state index in [0.717, 1.165) is 28.3 Å². The van der Waals surface area contributed by atoms with E-state index >= 15 is 0 Å². The Morgan fingerprint density at radius 2 is 1.80 bits per heavy atom. The lowest BCUT2D eigenvalue weighted by atomic mass is 10.2. The zero-order chi connectivity index (χ0) is 17.4. The average Bonchev–Trinajstić information content (AvgIpc) is 3.18. The fraction of sp³-hybridized carbons (Fsp3) is 0. The van der Waals surface area contributed by atoms with Crippen molar-refractivity contribution < 1.29 is 4.79 Å². The number of amidine groups is 1. The van der Waals surface area contributed by atoms with E-state index in [-0.39, 0.29) is 5.91 Å². The molecule has 1 amide bonds. The molecular weight excluding hydrogens is 399 g/mol. The van der Waals surface area contributed by atoms with Crippen LogP contribution in [0, 0.1) is 0 Å². The molecule has 9 heteroatoms. The first-order valence-corrected chi connectivity index (χ1v) is 9.36. The van der Waals surface area contributed by atoms with Gasteiger partial charge >= 0.3 is 0 Å². The van der Waals surface area contributed by atoms with Gasteiger partial charge in [0.25, 0.3) is 5.91 Å². The molecule has 25 heavy (non-hydrogen) atoms. The molecule has 0 spiro atoms. The van der Waals surface area contributed by atoms with Crippen molar-refractivity contribution in [2.75, 3.05) is 5.32 Å². The maximum atomic E-state index is 12.2. The topological polar surface area (TPSA) is 67.2 Å². The van der Waals surface area contributed by atoms with Gasteiger partial charge in [-0.25, -0.2) is 0 Å². The van der Waals surface area contributed by atoms with Gasteiger partial charge in [0.2, 0.25) is 0 Å². The van der Waals surface area contributed by atoms with Gasteiger partial charge in [-0.3, -0.25) is 4.79 Å². The summed E-state index contributed by atoms with van der Waals surface area (Å²) in [4.78, 5) is 16.7. The van der Waals surface area contributed by atoms with Crippen LogP contribution in [0.25, 0.3) is 17.1 Å². The Hall–Kier alpha value is -1.93. The average molecular weight is 407 g/mol. The van der Waals surface area contributed by atoms with Crippen LogP contribution in [-0.2, 0) is 4.79 Å². The largest absolute Gasteiger partial charge is 0.332 e. The van der Waals surface area contributed by atoms with Crippen molar-refractivity contribution in [1.29, 1.82) is 0 Å². The lowest BCUT2D eigenvalue weighted by molar-refractivity contribution is -0.113. The summed E-state index contributed by atoms with van der Waals surface area (Å²) in [6.45, 7) is 0.